The summed E-state index contributed by atoms with van der Waals surface area (Å²) in [5, 5.41) is 7.76. The molecule has 0 amide bonds. The standard InChI is InChI=1S/C12H22N4/c1-9-11(8-16(4)14-9)12-10(7-13-2)5-6-15(12)3/h8,10,12-13H,5-7H2,1-4H3. The van der Waals surface area contributed by atoms with Crippen molar-refractivity contribution in [2.24, 2.45) is 13.0 Å². The van der Waals surface area contributed by atoms with E-state index in [2.05, 4.69) is 35.5 Å². The van der Waals surface area contributed by atoms with Gasteiger partial charge in [0.25, 0.3) is 0 Å². The van der Waals surface area contributed by atoms with Crippen LogP contribution in [0.2, 0.25) is 0 Å². The molecule has 0 bridgehead atoms. The zero-order chi connectivity index (χ0) is 11.7. The quantitative estimate of drug-likeness (QED) is 0.826. The van der Waals surface area contributed by atoms with Gasteiger partial charge in [0.2, 0.25) is 0 Å². The molecule has 1 aliphatic heterocycles. The fraction of sp³-hybridized carbons (Fsp3) is 0.750. The van der Waals surface area contributed by atoms with Crippen LogP contribution < -0.4 is 5.32 Å². The van der Waals surface area contributed by atoms with Gasteiger partial charge in [-0.25, -0.2) is 0 Å². The van der Waals surface area contributed by atoms with Crippen molar-refractivity contribution in [2.45, 2.75) is 19.4 Å². The highest BCUT2D eigenvalue weighted by Gasteiger charge is 2.34. The second kappa shape index (κ2) is 4.55. The number of rotatable bonds is 3. The first-order valence-electron chi connectivity index (χ1n) is 5.98. The average molecular weight is 222 g/mol. The summed E-state index contributed by atoms with van der Waals surface area (Å²) in [6, 6.07) is 0.529. The topological polar surface area (TPSA) is 33.1 Å². The minimum atomic E-state index is 0.529. The summed E-state index contributed by atoms with van der Waals surface area (Å²) < 4.78 is 1.92. The Morgan fingerprint density at radius 2 is 2.25 bits per heavy atom. The van der Waals surface area contributed by atoms with E-state index in [-0.39, 0.29) is 0 Å². The SMILES string of the molecule is CNCC1CCN(C)C1c1cn(C)nc1C. The van der Waals surface area contributed by atoms with Crippen molar-refractivity contribution in [2.75, 3.05) is 27.2 Å². The Bertz CT molecular complexity index is 356. The van der Waals surface area contributed by atoms with E-state index in [0.29, 0.717) is 12.0 Å². The van der Waals surface area contributed by atoms with Crippen LogP contribution in [0.1, 0.15) is 23.7 Å². The van der Waals surface area contributed by atoms with Crippen LogP contribution in [-0.4, -0.2) is 41.9 Å². The molecule has 2 heterocycles. The molecule has 0 saturated carbocycles. The summed E-state index contributed by atoms with van der Waals surface area (Å²) >= 11 is 0. The van der Waals surface area contributed by atoms with Gasteiger partial charge < -0.3 is 5.32 Å². The van der Waals surface area contributed by atoms with E-state index in [9.17, 15) is 0 Å². The van der Waals surface area contributed by atoms with Crippen molar-refractivity contribution in [1.29, 1.82) is 0 Å². The summed E-state index contributed by atoms with van der Waals surface area (Å²) in [5.41, 5.74) is 2.56. The van der Waals surface area contributed by atoms with Crippen LogP contribution in [0, 0.1) is 12.8 Å². The fourth-order valence-corrected chi connectivity index (χ4v) is 2.90. The van der Waals surface area contributed by atoms with E-state index < -0.39 is 0 Å². The first kappa shape index (κ1) is 11.6. The molecule has 1 N–H and O–H groups in total. The number of hydrogen-bond acceptors (Lipinski definition) is 3. The molecule has 1 aromatic rings. The van der Waals surface area contributed by atoms with Crippen molar-refractivity contribution in [3.8, 4) is 0 Å². The Morgan fingerprint density at radius 1 is 1.50 bits per heavy atom. The lowest BCUT2D eigenvalue weighted by atomic mass is 9.94. The maximum absolute atomic E-state index is 4.45. The van der Waals surface area contributed by atoms with E-state index in [1.165, 1.54) is 24.2 Å². The Kier molecular flexibility index (Phi) is 3.30. The molecule has 1 saturated heterocycles. The van der Waals surface area contributed by atoms with Gasteiger partial charge >= 0.3 is 0 Å². The van der Waals surface area contributed by atoms with Gasteiger partial charge in [0.05, 0.1) is 5.69 Å². The highest BCUT2D eigenvalue weighted by Crippen LogP contribution is 2.36. The first-order chi connectivity index (χ1) is 7.63. The molecule has 16 heavy (non-hydrogen) atoms. The predicted molar refractivity (Wildman–Crippen MR) is 65.3 cm³/mol. The summed E-state index contributed by atoms with van der Waals surface area (Å²) in [7, 11) is 6.25. The van der Waals surface area contributed by atoms with E-state index >= 15 is 0 Å². The summed E-state index contributed by atoms with van der Waals surface area (Å²) in [5.74, 6) is 0.706. The predicted octanol–water partition coefficient (Wildman–Crippen LogP) is 0.941. The maximum atomic E-state index is 4.45. The van der Waals surface area contributed by atoms with Crippen LogP contribution in [0.4, 0.5) is 0 Å². The number of aromatic nitrogens is 2. The van der Waals surface area contributed by atoms with Gasteiger partial charge in [0.1, 0.15) is 0 Å². The Labute approximate surface area is 97.6 Å². The molecule has 0 radical (unpaired) electrons. The van der Waals surface area contributed by atoms with Crippen molar-refractivity contribution in [1.82, 2.24) is 20.0 Å². The molecule has 1 fully saturated rings. The van der Waals surface area contributed by atoms with E-state index in [0.717, 1.165) is 6.54 Å². The van der Waals surface area contributed by atoms with E-state index in [4.69, 9.17) is 0 Å². The monoisotopic (exact) mass is 222 g/mol. The minimum absolute atomic E-state index is 0.529. The van der Waals surface area contributed by atoms with E-state index in [1.807, 2.05) is 18.8 Å². The molecular formula is C12H22N4. The van der Waals surface area contributed by atoms with Gasteiger partial charge in [-0.05, 0) is 46.4 Å². The molecule has 90 valence electrons. The second-order valence-electron chi connectivity index (χ2n) is 4.88. The van der Waals surface area contributed by atoms with Crippen LogP contribution >= 0.6 is 0 Å². The Morgan fingerprint density at radius 3 is 2.81 bits per heavy atom. The lowest BCUT2D eigenvalue weighted by molar-refractivity contribution is 0.273. The molecule has 1 aliphatic rings. The van der Waals surface area contributed by atoms with Gasteiger partial charge in [-0.2, -0.15) is 5.10 Å². The molecule has 0 aromatic carbocycles. The molecule has 2 atom stereocenters. The maximum Gasteiger partial charge on any atom is 0.0641 e. The van der Waals surface area contributed by atoms with Crippen LogP contribution in [0.3, 0.4) is 0 Å². The second-order valence-corrected chi connectivity index (χ2v) is 4.88. The zero-order valence-corrected chi connectivity index (χ0v) is 10.7. The van der Waals surface area contributed by atoms with Gasteiger partial charge in [-0.3, -0.25) is 9.58 Å². The number of likely N-dealkylation sites (tertiary alicyclic amines) is 1. The molecule has 2 unspecified atom stereocenters. The largest absolute Gasteiger partial charge is 0.319 e. The molecular weight excluding hydrogens is 200 g/mol. The number of aryl methyl sites for hydroxylation is 2. The normalized spacial score (nSPS) is 26.5. The zero-order valence-electron chi connectivity index (χ0n) is 10.7. The molecule has 0 spiro atoms. The summed E-state index contributed by atoms with van der Waals surface area (Å²) in [6.07, 6.45) is 3.45. The van der Waals surface area contributed by atoms with Gasteiger partial charge in [0, 0.05) is 24.8 Å². The number of hydrogen-bond donors (Lipinski definition) is 1. The van der Waals surface area contributed by atoms with Crippen LogP contribution in [0.5, 0.6) is 0 Å². The molecule has 4 heteroatoms. The third-order valence-corrected chi connectivity index (χ3v) is 3.61. The molecule has 0 aliphatic carbocycles. The molecule has 2 rings (SSSR count). The first-order valence-corrected chi connectivity index (χ1v) is 5.98. The molecule has 1 aromatic heterocycles. The van der Waals surface area contributed by atoms with Gasteiger partial charge in [0.15, 0.2) is 0 Å². The fourth-order valence-electron chi connectivity index (χ4n) is 2.90. The highest BCUT2D eigenvalue weighted by molar-refractivity contribution is 5.22. The lowest BCUT2D eigenvalue weighted by Gasteiger charge is -2.24. The van der Waals surface area contributed by atoms with Crippen LogP contribution in [0.25, 0.3) is 0 Å². The number of nitrogens with zero attached hydrogens (tertiary/aromatic N) is 3. The van der Waals surface area contributed by atoms with Crippen molar-refractivity contribution >= 4 is 0 Å². The number of nitrogens with one attached hydrogen (secondary N) is 1. The van der Waals surface area contributed by atoms with Crippen LogP contribution in [0.15, 0.2) is 6.20 Å². The Hall–Kier alpha value is -0.870. The summed E-state index contributed by atoms with van der Waals surface area (Å²) in [6.45, 7) is 4.38. The van der Waals surface area contributed by atoms with Gasteiger partial charge in [-0.1, -0.05) is 0 Å². The summed E-state index contributed by atoms with van der Waals surface area (Å²) in [4.78, 5) is 2.45. The smallest absolute Gasteiger partial charge is 0.0641 e. The van der Waals surface area contributed by atoms with Crippen LogP contribution in [-0.2, 0) is 7.05 Å². The van der Waals surface area contributed by atoms with Gasteiger partial charge in [-0.15, -0.1) is 0 Å². The van der Waals surface area contributed by atoms with Crippen molar-refractivity contribution < 1.29 is 0 Å². The van der Waals surface area contributed by atoms with Crippen molar-refractivity contribution in [3.05, 3.63) is 17.5 Å². The molecule has 4 nitrogen and oxygen atoms in total. The third-order valence-electron chi connectivity index (χ3n) is 3.61. The average Bonchev–Trinajstić information content (AvgIpc) is 2.71. The minimum Gasteiger partial charge on any atom is -0.319 e. The lowest BCUT2D eigenvalue weighted by Crippen LogP contribution is -2.27. The van der Waals surface area contributed by atoms with Crippen molar-refractivity contribution in [3.63, 3.8) is 0 Å². The highest BCUT2D eigenvalue weighted by atomic mass is 15.3. The Balaban J connectivity index is 2.26. The van der Waals surface area contributed by atoms with E-state index in [1.54, 1.807) is 0 Å². The third kappa shape index (κ3) is 1.99.